The Morgan fingerprint density at radius 3 is 2.56 bits per heavy atom. The van der Waals surface area contributed by atoms with E-state index in [4.69, 9.17) is 4.74 Å². The molecule has 4 N–H and O–H groups in total. The third-order valence-electron chi connectivity index (χ3n) is 5.22. The van der Waals surface area contributed by atoms with Crippen LogP contribution in [0, 0.1) is 5.82 Å². The molecule has 4 aromatic rings. The second kappa shape index (κ2) is 9.38. The van der Waals surface area contributed by atoms with Crippen molar-refractivity contribution < 1.29 is 18.7 Å². The fourth-order valence-corrected chi connectivity index (χ4v) is 3.67. The van der Waals surface area contributed by atoms with Crippen molar-refractivity contribution in [3.8, 4) is 11.1 Å². The van der Waals surface area contributed by atoms with E-state index in [1.54, 1.807) is 39.2 Å². The molecule has 0 aliphatic carbocycles. The predicted molar refractivity (Wildman–Crippen MR) is 128 cm³/mol. The van der Waals surface area contributed by atoms with Crippen LogP contribution in [-0.4, -0.2) is 39.3 Å². The first-order chi connectivity index (χ1) is 16.2. The van der Waals surface area contributed by atoms with Gasteiger partial charge in [0, 0.05) is 35.5 Å². The standard InChI is InChI=1S/C25H26FN5O3/c1-25(2,3)34-24(33)28-14-20(15-7-9-17(26)10-8-15)23(32)31-21-6-4-5-18-19(13-27-22(18)21)16-11-29-30-12-16/h4-13,20,27H,14H2,1-3H3,(H,28,33)(H,29,30)(H,31,32). The molecule has 2 heterocycles. The molecular weight excluding hydrogens is 437 g/mol. The molecule has 34 heavy (non-hydrogen) atoms. The summed E-state index contributed by atoms with van der Waals surface area (Å²) in [4.78, 5) is 28.7. The summed E-state index contributed by atoms with van der Waals surface area (Å²) >= 11 is 0. The van der Waals surface area contributed by atoms with Gasteiger partial charge in [0.05, 0.1) is 23.3 Å². The fraction of sp³-hybridized carbons (Fsp3) is 0.240. The zero-order valence-electron chi connectivity index (χ0n) is 19.1. The average Bonchev–Trinajstić information content (AvgIpc) is 3.44. The van der Waals surface area contributed by atoms with Crippen LogP contribution in [0.2, 0.25) is 0 Å². The van der Waals surface area contributed by atoms with E-state index in [2.05, 4.69) is 25.8 Å². The van der Waals surface area contributed by atoms with Gasteiger partial charge >= 0.3 is 6.09 Å². The largest absolute Gasteiger partial charge is 0.444 e. The molecule has 0 saturated heterocycles. The van der Waals surface area contributed by atoms with Gasteiger partial charge in [0.2, 0.25) is 5.91 Å². The number of fused-ring (bicyclic) bond motifs is 1. The number of anilines is 1. The van der Waals surface area contributed by atoms with Crippen LogP contribution in [-0.2, 0) is 9.53 Å². The number of aromatic amines is 2. The van der Waals surface area contributed by atoms with Crippen LogP contribution in [0.15, 0.2) is 61.1 Å². The van der Waals surface area contributed by atoms with E-state index >= 15 is 0 Å². The maximum atomic E-state index is 13.5. The van der Waals surface area contributed by atoms with Gasteiger partial charge in [0.25, 0.3) is 0 Å². The van der Waals surface area contributed by atoms with Gasteiger partial charge in [-0.1, -0.05) is 24.3 Å². The topological polar surface area (TPSA) is 112 Å². The van der Waals surface area contributed by atoms with Crippen LogP contribution in [0.25, 0.3) is 22.0 Å². The monoisotopic (exact) mass is 463 g/mol. The Balaban J connectivity index is 1.58. The minimum absolute atomic E-state index is 0.0205. The molecule has 0 bridgehead atoms. The molecule has 0 fully saturated rings. The summed E-state index contributed by atoms with van der Waals surface area (Å²) in [5.74, 6) is -1.53. The second-order valence-corrected chi connectivity index (χ2v) is 8.89. The van der Waals surface area contributed by atoms with Crippen molar-refractivity contribution in [2.24, 2.45) is 0 Å². The molecule has 2 aromatic heterocycles. The third kappa shape index (κ3) is 5.25. The van der Waals surface area contributed by atoms with Gasteiger partial charge in [-0.3, -0.25) is 9.89 Å². The third-order valence-corrected chi connectivity index (χ3v) is 5.22. The molecule has 176 valence electrons. The van der Waals surface area contributed by atoms with Crippen molar-refractivity contribution in [1.29, 1.82) is 0 Å². The second-order valence-electron chi connectivity index (χ2n) is 8.89. The van der Waals surface area contributed by atoms with Crippen LogP contribution < -0.4 is 10.6 Å². The maximum absolute atomic E-state index is 13.5. The number of benzene rings is 2. The molecule has 2 aromatic carbocycles. The SMILES string of the molecule is CC(C)(C)OC(=O)NCC(C(=O)Nc1cccc2c(-c3cn[nH]c3)c[nH]c12)c1ccc(F)cc1. The van der Waals surface area contributed by atoms with Gasteiger partial charge in [-0.25, -0.2) is 9.18 Å². The Kier molecular flexibility index (Phi) is 6.36. The van der Waals surface area contributed by atoms with E-state index in [1.165, 1.54) is 24.3 Å². The van der Waals surface area contributed by atoms with E-state index < -0.39 is 23.4 Å². The van der Waals surface area contributed by atoms with Crippen molar-refractivity contribution in [2.75, 3.05) is 11.9 Å². The molecule has 9 heteroatoms. The van der Waals surface area contributed by atoms with E-state index in [-0.39, 0.29) is 12.5 Å². The van der Waals surface area contributed by atoms with Gasteiger partial charge < -0.3 is 20.4 Å². The van der Waals surface area contributed by atoms with Crippen LogP contribution in [0.4, 0.5) is 14.9 Å². The highest BCUT2D eigenvalue weighted by molar-refractivity contribution is 6.07. The Bertz CT molecular complexity index is 1290. The highest BCUT2D eigenvalue weighted by Crippen LogP contribution is 2.32. The van der Waals surface area contributed by atoms with Gasteiger partial charge in [-0.05, 0) is 44.5 Å². The quantitative estimate of drug-likeness (QED) is 0.324. The van der Waals surface area contributed by atoms with Crippen LogP contribution in [0.1, 0.15) is 32.3 Å². The number of rotatable bonds is 6. The highest BCUT2D eigenvalue weighted by atomic mass is 19.1. The number of nitrogens with one attached hydrogen (secondary N) is 4. The summed E-state index contributed by atoms with van der Waals surface area (Å²) in [5.41, 5.74) is 3.09. The van der Waals surface area contributed by atoms with E-state index in [9.17, 15) is 14.0 Å². The number of ether oxygens (including phenoxy) is 1. The molecule has 1 unspecified atom stereocenters. The smallest absolute Gasteiger partial charge is 0.407 e. The average molecular weight is 464 g/mol. The molecule has 0 radical (unpaired) electrons. The number of alkyl carbamates (subject to hydrolysis) is 1. The number of amides is 2. The van der Waals surface area contributed by atoms with Crippen molar-refractivity contribution >= 4 is 28.6 Å². The first kappa shape index (κ1) is 23.0. The summed E-state index contributed by atoms with van der Waals surface area (Å²) < 4.78 is 18.8. The normalized spacial score (nSPS) is 12.4. The van der Waals surface area contributed by atoms with Crippen molar-refractivity contribution in [1.82, 2.24) is 20.5 Å². The number of halogens is 1. The molecule has 4 rings (SSSR count). The lowest BCUT2D eigenvalue weighted by molar-refractivity contribution is -0.117. The number of H-pyrrole nitrogens is 2. The molecule has 0 aliphatic heterocycles. The molecule has 0 aliphatic rings. The molecule has 8 nitrogen and oxygen atoms in total. The first-order valence-corrected chi connectivity index (χ1v) is 10.8. The minimum Gasteiger partial charge on any atom is -0.444 e. The number of hydrogen-bond donors (Lipinski definition) is 4. The van der Waals surface area contributed by atoms with Crippen molar-refractivity contribution in [2.45, 2.75) is 32.3 Å². The highest BCUT2D eigenvalue weighted by Gasteiger charge is 2.24. The lowest BCUT2D eigenvalue weighted by Crippen LogP contribution is -2.37. The molecule has 0 saturated carbocycles. The fourth-order valence-electron chi connectivity index (χ4n) is 3.67. The minimum atomic E-state index is -0.772. The zero-order chi connectivity index (χ0) is 24.3. The van der Waals surface area contributed by atoms with Crippen LogP contribution in [0.5, 0.6) is 0 Å². The molecular formula is C25H26FN5O3. The Hall–Kier alpha value is -4.14. The summed E-state index contributed by atoms with van der Waals surface area (Å²) in [5, 5.41) is 13.3. The number of carbonyl (C=O) groups excluding carboxylic acids is 2. The number of carbonyl (C=O) groups is 2. The summed E-state index contributed by atoms with van der Waals surface area (Å²) in [7, 11) is 0. The molecule has 1 atom stereocenters. The lowest BCUT2D eigenvalue weighted by Gasteiger charge is -2.22. The van der Waals surface area contributed by atoms with Gasteiger partial charge in [-0.15, -0.1) is 0 Å². The maximum Gasteiger partial charge on any atom is 0.407 e. The lowest BCUT2D eigenvalue weighted by atomic mass is 9.97. The first-order valence-electron chi connectivity index (χ1n) is 10.8. The zero-order valence-corrected chi connectivity index (χ0v) is 19.1. The van der Waals surface area contributed by atoms with Crippen molar-refractivity contribution in [3.63, 3.8) is 0 Å². The van der Waals surface area contributed by atoms with Crippen LogP contribution in [0.3, 0.4) is 0 Å². The summed E-state index contributed by atoms with van der Waals surface area (Å²) in [6.07, 6.45) is 4.73. The number of nitrogens with zero attached hydrogens (tertiary/aromatic N) is 1. The van der Waals surface area contributed by atoms with Gasteiger partial charge in [0.15, 0.2) is 0 Å². The molecule has 2 amide bonds. The Morgan fingerprint density at radius 2 is 1.88 bits per heavy atom. The molecule has 0 spiro atoms. The Morgan fingerprint density at radius 1 is 1.12 bits per heavy atom. The van der Waals surface area contributed by atoms with E-state index in [0.29, 0.717) is 11.3 Å². The van der Waals surface area contributed by atoms with Crippen LogP contribution >= 0.6 is 0 Å². The summed E-state index contributed by atoms with van der Waals surface area (Å²) in [6, 6.07) is 11.2. The summed E-state index contributed by atoms with van der Waals surface area (Å²) in [6.45, 7) is 5.25. The van der Waals surface area contributed by atoms with Crippen molar-refractivity contribution in [3.05, 3.63) is 72.4 Å². The number of aromatic nitrogens is 3. The Labute approximate surface area is 195 Å². The predicted octanol–water partition coefficient (Wildman–Crippen LogP) is 4.94. The van der Waals surface area contributed by atoms with Gasteiger partial charge in [-0.2, -0.15) is 5.10 Å². The van der Waals surface area contributed by atoms with E-state index in [0.717, 1.165) is 22.0 Å². The number of hydrogen-bond acceptors (Lipinski definition) is 4. The van der Waals surface area contributed by atoms with Gasteiger partial charge in [0.1, 0.15) is 11.4 Å². The number of para-hydroxylation sites is 1. The van der Waals surface area contributed by atoms with E-state index in [1.807, 2.05) is 18.3 Å².